The second-order valence-corrected chi connectivity index (χ2v) is 6.85. The summed E-state index contributed by atoms with van der Waals surface area (Å²) in [6, 6.07) is 0. The summed E-state index contributed by atoms with van der Waals surface area (Å²) < 4.78 is 21.9. The summed E-state index contributed by atoms with van der Waals surface area (Å²) in [7, 11) is 0. The number of hydrogen-bond donors (Lipinski definition) is 0. The highest BCUT2D eigenvalue weighted by Gasteiger charge is 2.53. The molecule has 0 amide bonds. The van der Waals surface area contributed by atoms with Crippen molar-refractivity contribution in [2.45, 2.75) is 79.0 Å². The quantitative estimate of drug-likeness (QED) is 0.574. The van der Waals surface area contributed by atoms with Crippen molar-refractivity contribution in [1.82, 2.24) is 0 Å². The first-order valence-electron chi connectivity index (χ1n) is 7.60. The minimum Gasteiger partial charge on any atom is -0.456 e. The van der Waals surface area contributed by atoms with E-state index in [2.05, 4.69) is 0 Å². The molecule has 0 radical (unpaired) electrons. The molecule has 0 saturated carbocycles. The summed E-state index contributed by atoms with van der Waals surface area (Å²) in [6.45, 7) is 11.3. The van der Waals surface area contributed by atoms with Gasteiger partial charge in [-0.25, -0.2) is 0 Å². The van der Waals surface area contributed by atoms with E-state index < -0.39 is 48.4 Å². The fraction of sp³-hybridized carbons (Fsp3) is 0.812. The van der Waals surface area contributed by atoms with E-state index in [0.29, 0.717) is 0 Å². The minimum absolute atomic E-state index is 0.381. The highest BCUT2D eigenvalue weighted by molar-refractivity contribution is 5.68. The monoisotopic (exact) mass is 330 g/mol. The van der Waals surface area contributed by atoms with Crippen LogP contribution in [-0.2, 0) is 33.3 Å². The van der Waals surface area contributed by atoms with Crippen molar-refractivity contribution in [2.24, 2.45) is 5.41 Å². The third-order valence-electron chi connectivity index (χ3n) is 3.53. The Balaban J connectivity index is 3.24. The molecule has 0 spiro atoms. The zero-order valence-electron chi connectivity index (χ0n) is 14.7. The summed E-state index contributed by atoms with van der Waals surface area (Å²) >= 11 is 0. The van der Waals surface area contributed by atoms with Crippen LogP contribution in [-0.4, -0.2) is 48.4 Å². The lowest BCUT2D eigenvalue weighted by molar-refractivity contribution is -0.258. The smallest absolute Gasteiger partial charge is 0.303 e. The average molecular weight is 330 g/mol. The molecule has 0 N–H and O–H groups in total. The molecule has 23 heavy (non-hydrogen) atoms. The molecule has 1 rings (SSSR count). The maximum absolute atomic E-state index is 11.5. The van der Waals surface area contributed by atoms with Crippen LogP contribution in [0.3, 0.4) is 0 Å². The molecule has 7 nitrogen and oxygen atoms in total. The van der Waals surface area contributed by atoms with E-state index in [9.17, 15) is 14.4 Å². The lowest BCUT2D eigenvalue weighted by atomic mass is 9.80. The van der Waals surface area contributed by atoms with Gasteiger partial charge in [0.1, 0.15) is 6.10 Å². The molecule has 0 aromatic carbocycles. The number of rotatable bonds is 3. The molecule has 1 saturated heterocycles. The van der Waals surface area contributed by atoms with Crippen LogP contribution in [0.2, 0.25) is 0 Å². The van der Waals surface area contributed by atoms with Crippen molar-refractivity contribution >= 4 is 17.9 Å². The Morgan fingerprint density at radius 2 is 1.17 bits per heavy atom. The number of esters is 3. The van der Waals surface area contributed by atoms with Gasteiger partial charge < -0.3 is 18.9 Å². The lowest BCUT2D eigenvalue weighted by Crippen LogP contribution is -2.63. The lowest BCUT2D eigenvalue weighted by Gasteiger charge is -2.48. The van der Waals surface area contributed by atoms with Gasteiger partial charge in [-0.2, -0.15) is 0 Å². The van der Waals surface area contributed by atoms with Crippen LogP contribution in [0.15, 0.2) is 0 Å². The number of ether oxygens (including phenoxy) is 4. The van der Waals surface area contributed by atoms with Crippen molar-refractivity contribution in [3.05, 3.63) is 0 Å². The molecular formula is C16H26O7. The van der Waals surface area contributed by atoms with Crippen LogP contribution < -0.4 is 0 Å². The van der Waals surface area contributed by atoms with Crippen LogP contribution in [0.1, 0.15) is 48.5 Å². The van der Waals surface area contributed by atoms with Gasteiger partial charge in [0, 0.05) is 20.8 Å². The summed E-state index contributed by atoms with van der Waals surface area (Å²) in [5.41, 5.74) is -0.381. The van der Waals surface area contributed by atoms with Crippen LogP contribution in [0.4, 0.5) is 0 Å². The van der Waals surface area contributed by atoms with Crippen LogP contribution >= 0.6 is 0 Å². The van der Waals surface area contributed by atoms with E-state index >= 15 is 0 Å². The predicted molar refractivity (Wildman–Crippen MR) is 80.5 cm³/mol. The van der Waals surface area contributed by atoms with Crippen LogP contribution in [0, 0.1) is 5.41 Å². The summed E-state index contributed by atoms with van der Waals surface area (Å²) in [5, 5.41) is 0. The van der Waals surface area contributed by atoms with E-state index in [0.717, 1.165) is 0 Å². The molecule has 0 aliphatic carbocycles. The first-order chi connectivity index (χ1) is 10.4. The van der Waals surface area contributed by atoms with Gasteiger partial charge in [-0.15, -0.1) is 0 Å². The minimum atomic E-state index is -0.923. The highest BCUT2D eigenvalue weighted by atomic mass is 16.6. The first-order valence-corrected chi connectivity index (χ1v) is 7.60. The second kappa shape index (κ2) is 7.29. The highest BCUT2D eigenvalue weighted by Crippen LogP contribution is 2.37. The Bertz CT molecular complexity index is 466. The third kappa shape index (κ3) is 5.20. The van der Waals surface area contributed by atoms with Crippen molar-refractivity contribution in [1.29, 1.82) is 0 Å². The molecule has 1 aliphatic heterocycles. The number of carbonyl (C=O) groups excluding carboxylic acids is 3. The van der Waals surface area contributed by atoms with Crippen molar-refractivity contribution in [2.75, 3.05) is 0 Å². The molecule has 132 valence electrons. The molecule has 0 aromatic heterocycles. The van der Waals surface area contributed by atoms with Gasteiger partial charge in [-0.1, -0.05) is 20.8 Å². The van der Waals surface area contributed by atoms with Crippen molar-refractivity contribution < 1.29 is 33.3 Å². The van der Waals surface area contributed by atoms with Gasteiger partial charge in [0.25, 0.3) is 0 Å². The van der Waals surface area contributed by atoms with E-state index in [1.165, 1.54) is 20.8 Å². The molecule has 1 heterocycles. The first kappa shape index (κ1) is 19.4. The van der Waals surface area contributed by atoms with Crippen molar-refractivity contribution in [3.8, 4) is 0 Å². The fourth-order valence-corrected chi connectivity index (χ4v) is 2.71. The third-order valence-corrected chi connectivity index (χ3v) is 3.53. The van der Waals surface area contributed by atoms with Gasteiger partial charge in [-0.3, -0.25) is 14.4 Å². The zero-order chi connectivity index (χ0) is 17.9. The topological polar surface area (TPSA) is 88.1 Å². The fourth-order valence-electron chi connectivity index (χ4n) is 2.71. The molecular weight excluding hydrogens is 304 g/mol. The van der Waals surface area contributed by atoms with Gasteiger partial charge in [-0.05, 0) is 12.3 Å². The Morgan fingerprint density at radius 3 is 1.57 bits per heavy atom. The maximum Gasteiger partial charge on any atom is 0.303 e. The molecule has 5 atom stereocenters. The molecule has 1 fully saturated rings. The van der Waals surface area contributed by atoms with Gasteiger partial charge in [0.15, 0.2) is 18.3 Å². The molecule has 0 aromatic rings. The van der Waals surface area contributed by atoms with Gasteiger partial charge in [0.2, 0.25) is 0 Å². The van der Waals surface area contributed by atoms with Gasteiger partial charge >= 0.3 is 17.9 Å². The summed E-state index contributed by atoms with van der Waals surface area (Å²) in [6.07, 6.45) is -3.67. The SMILES string of the molecule is CC(=O)OC1C(C)OC(C(C)(C)C)C(OC(C)=O)C1OC(C)=O. The van der Waals surface area contributed by atoms with E-state index in [-0.39, 0.29) is 5.41 Å². The predicted octanol–water partition coefficient (Wildman–Crippen LogP) is 1.61. The molecule has 7 heteroatoms. The van der Waals surface area contributed by atoms with E-state index in [1.807, 2.05) is 20.8 Å². The standard InChI is InChI=1S/C16H26O7/c1-8-12(21-9(2)17)13(22-10(3)18)14(23-11(4)19)15(20-8)16(5,6)7/h8,12-15H,1-7H3. The normalized spacial score (nSPS) is 31.2. The molecule has 1 aliphatic rings. The van der Waals surface area contributed by atoms with Crippen molar-refractivity contribution in [3.63, 3.8) is 0 Å². The Hall–Kier alpha value is -1.63. The number of carbonyl (C=O) groups is 3. The maximum atomic E-state index is 11.5. The average Bonchev–Trinajstić information content (AvgIpc) is 2.33. The second-order valence-electron chi connectivity index (χ2n) is 6.85. The molecule has 5 unspecified atom stereocenters. The van der Waals surface area contributed by atoms with Crippen LogP contribution in [0.25, 0.3) is 0 Å². The van der Waals surface area contributed by atoms with Gasteiger partial charge in [0.05, 0.1) is 6.10 Å². The number of hydrogen-bond acceptors (Lipinski definition) is 7. The Kier molecular flexibility index (Phi) is 6.16. The molecule has 0 bridgehead atoms. The Labute approximate surface area is 136 Å². The Morgan fingerprint density at radius 1 is 0.783 bits per heavy atom. The summed E-state index contributed by atoms with van der Waals surface area (Å²) in [4.78, 5) is 34.4. The van der Waals surface area contributed by atoms with E-state index in [1.54, 1.807) is 6.92 Å². The van der Waals surface area contributed by atoms with E-state index in [4.69, 9.17) is 18.9 Å². The van der Waals surface area contributed by atoms with Crippen LogP contribution in [0.5, 0.6) is 0 Å². The zero-order valence-corrected chi connectivity index (χ0v) is 14.7. The summed E-state index contributed by atoms with van der Waals surface area (Å²) in [5.74, 6) is -1.61. The largest absolute Gasteiger partial charge is 0.456 e.